The van der Waals surface area contributed by atoms with Gasteiger partial charge in [-0.25, -0.2) is 0 Å². The summed E-state index contributed by atoms with van der Waals surface area (Å²) in [7, 11) is 0. The maximum absolute atomic E-state index is 12.7. The Morgan fingerprint density at radius 2 is 1.62 bits per heavy atom. The van der Waals surface area contributed by atoms with Crippen LogP contribution in [-0.2, 0) is 0 Å². The van der Waals surface area contributed by atoms with Crippen LogP contribution in [0.4, 0.5) is 0 Å². The van der Waals surface area contributed by atoms with Gasteiger partial charge in [0.25, 0.3) is 5.91 Å². The summed E-state index contributed by atoms with van der Waals surface area (Å²) in [5.41, 5.74) is 5.92. The molecule has 0 spiro atoms. The molecule has 0 radical (unpaired) electrons. The molecule has 0 unspecified atom stereocenters. The lowest BCUT2D eigenvalue weighted by Gasteiger charge is -2.20. The Labute approximate surface area is 146 Å². The van der Waals surface area contributed by atoms with Crippen LogP contribution in [0, 0.1) is 20.8 Å². The zero-order valence-electron chi connectivity index (χ0n) is 16.1. The molecule has 1 aromatic heterocycles. The lowest BCUT2D eigenvalue weighted by molar-refractivity contribution is 0.0773. The highest BCUT2D eigenvalue weighted by molar-refractivity contribution is 6.00. The van der Waals surface area contributed by atoms with Gasteiger partial charge in [0, 0.05) is 29.9 Å². The fraction of sp³-hybridized carbons (Fsp3) is 0.429. The van der Waals surface area contributed by atoms with Gasteiger partial charge in [0.1, 0.15) is 0 Å². The van der Waals surface area contributed by atoms with Gasteiger partial charge in [-0.05, 0) is 57.9 Å². The number of carbonyl (C=O) groups excluding carboxylic acids is 1. The number of hydrogen-bond acceptors (Lipinski definition) is 2. The molecule has 0 N–H and O–H groups in total. The van der Waals surface area contributed by atoms with E-state index in [-0.39, 0.29) is 5.91 Å². The summed E-state index contributed by atoms with van der Waals surface area (Å²) < 4.78 is 0. The first kappa shape index (κ1) is 19.9. The highest BCUT2D eigenvalue weighted by Gasteiger charge is 2.18. The monoisotopic (exact) mass is 326 g/mol. The molecule has 0 aliphatic rings. The SMILES string of the molecule is CC.CCN(CC)C(=O)c1ccccc1-c1cc(C)c(C)c(C)n1. The van der Waals surface area contributed by atoms with Crippen LogP contribution in [0.1, 0.15) is 54.9 Å². The molecule has 2 rings (SSSR count). The Kier molecular flexibility index (Phi) is 7.63. The van der Waals surface area contributed by atoms with Crippen molar-refractivity contribution in [1.82, 2.24) is 9.88 Å². The predicted octanol–water partition coefficient (Wildman–Crippen LogP) is 5.18. The molecular weight excluding hydrogens is 296 g/mol. The maximum Gasteiger partial charge on any atom is 0.254 e. The van der Waals surface area contributed by atoms with Gasteiger partial charge in [0.2, 0.25) is 0 Å². The molecule has 130 valence electrons. The lowest BCUT2D eigenvalue weighted by atomic mass is 9.99. The van der Waals surface area contributed by atoms with E-state index in [9.17, 15) is 4.79 Å². The average molecular weight is 326 g/mol. The van der Waals surface area contributed by atoms with E-state index in [0.717, 1.165) is 22.5 Å². The summed E-state index contributed by atoms with van der Waals surface area (Å²) in [4.78, 5) is 19.3. The largest absolute Gasteiger partial charge is 0.339 e. The van der Waals surface area contributed by atoms with Crippen molar-refractivity contribution in [3.8, 4) is 11.3 Å². The number of carbonyl (C=O) groups is 1. The molecule has 3 heteroatoms. The highest BCUT2D eigenvalue weighted by Crippen LogP contribution is 2.26. The first-order valence-corrected chi connectivity index (χ1v) is 8.83. The Morgan fingerprint density at radius 1 is 1.04 bits per heavy atom. The van der Waals surface area contributed by atoms with Crippen LogP contribution in [0.15, 0.2) is 30.3 Å². The Morgan fingerprint density at radius 3 is 2.17 bits per heavy atom. The van der Waals surface area contributed by atoms with E-state index in [2.05, 4.69) is 24.9 Å². The minimum atomic E-state index is 0.0679. The van der Waals surface area contributed by atoms with E-state index in [1.165, 1.54) is 11.1 Å². The van der Waals surface area contributed by atoms with Crippen molar-refractivity contribution in [3.63, 3.8) is 0 Å². The molecule has 0 saturated carbocycles. The number of rotatable bonds is 4. The van der Waals surface area contributed by atoms with Crippen LogP contribution in [0.25, 0.3) is 11.3 Å². The van der Waals surface area contributed by atoms with Gasteiger partial charge in [-0.15, -0.1) is 0 Å². The number of aryl methyl sites for hydroxylation is 2. The lowest BCUT2D eigenvalue weighted by Crippen LogP contribution is -2.30. The molecule has 0 atom stereocenters. The van der Waals surface area contributed by atoms with E-state index in [0.29, 0.717) is 13.1 Å². The van der Waals surface area contributed by atoms with Crippen LogP contribution in [-0.4, -0.2) is 28.9 Å². The zero-order valence-corrected chi connectivity index (χ0v) is 16.1. The predicted molar refractivity (Wildman–Crippen MR) is 102 cm³/mol. The summed E-state index contributed by atoms with van der Waals surface area (Å²) >= 11 is 0. The minimum Gasteiger partial charge on any atom is -0.339 e. The quantitative estimate of drug-likeness (QED) is 0.775. The standard InChI is InChI=1S/C19H24N2O.C2H6/c1-6-21(7-2)19(22)17-11-9-8-10-16(17)18-12-13(3)14(4)15(5)20-18;1-2/h8-12H,6-7H2,1-5H3;1-2H3. The second-order valence-corrected chi connectivity index (χ2v) is 5.56. The fourth-order valence-electron chi connectivity index (χ4n) is 2.61. The van der Waals surface area contributed by atoms with Crippen molar-refractivity contribution < 1.29 is 4.79 Å². The summed E-state index contributed by atoms with van der Waals surface area (Å²) in [6.45, 7) is 15.6. The van der Waals surface area contributed by atoms with Crippen molar-refractivity contribution >= 4 is 5.91 Å². The minimum absolute atomic E-state index is 0.0679. The summed E-state index contributed by atoms with van der Waals surface area (Å²) in [5, 5.41) is 0. The third-order valence-electron chi connectivity index (χ3n) is 4.26. The van der Waals surface area contributed by atoms with E-state index in [1.54, 1.807) is 0 Å². The van der Waals surface area contributed by atoms with Crippen molar-refractivity contribution in [3.05, 3.63) is 52.7 Å². The third-order valence-corrected chi connectivity index (χ3v) is 4.26. The summed E-state index contributed by atoms with van der Waals surface area (Å²) in [6, 6.07) is 9.81. The third kappa shape index (κ3) is 4.22. The molecule has 1 aromatic carbocycles. The summed E-state index contributed by atoms with van der Waals surface area (Å²) in [6.07, 6.45) is 0. The Hall–Kier alpha value is -2.16. The average Bonchev–Trinajstić information content (AvgIpc) is 2.62. The number of amides is 1. The number of benzene rings is 1. The molecule has 1 heterocycles. The topological polar surface area (TPSA) is 33.2 Å². The number of aromatic nitrogens is 1. The maximum atomic E-state index is 12.7. The first-order valence-electron chi connectivity index (χ1n) is 8.83. The van der Waals surface area contributed by atoms with Gasteiger partial charge >= 0.3 is 0 Å². The van der Waals surface area contributed by atoms with Gasteiger partial charge in [0.15, 0.2) is 0 Å². The van der Waals surface area contributed by atoms with Crippen LogP contribution in [0.5, 0.6) is 0 Å². The molecule has 0 bridgehead atoms. The van der Waals surface area contributed by atoms with Crippen LogP contribution >= 0.6 is 0 Å². The number of pyridine rings is 1. The fourth-order valence-corrected chi connectivity index (χ4v) is 2.61. The van der Waals surface area contributed by atoms with E-state index >= 15 is 0 Å². The van der Waals surface area contributed by atoms with Crippen LogP contribution < -0.4 is 0 Å². The van der Waals surface area contributed by atoms with Crippen molar-refractivity contribution in [2.75, 3.05) is 13.1 Å². The summed E-state index contributed by atoms with van der Waals surface area (Å²) in [5.74, 6) is 0.0679. The van der Waals surface area contributed by atoms with E-state index in [4.69, 9.17) is 0 Å². The van der Waals surface area contributed by atoms with Gasteiger partial charge in [0.05, 0.1) is 5.69 Å². The molecule has 0 fully saturated rings. The van der Waals surface area contributed by atoms with Crippen LogP contribution in [0.3, 0.4) is 0 Å². The van der Waals surface area contributed by atoms with E-state index < -0.39 is 0 Å². The number of hydrogen-bond donors (Lipinski definition) is 0. The molecule has 0 saturated heterocycles. The molecule has 2 aromatic rings. The molecular formula is C21H30N2O. The molecule has 0 aliphatic heterocycles. The normalized spacial score (nSPS) is 9.96. The van der Waals surface area contributed by atoms with Crippen molar-refractivity contribution in [1.29, 1.82) is 0 Å². The smallest absolute Gasteiger partial charge is 0.254 e. The van der Waals surface area contributed by atoms with Crippen molar-refractivity contribution in [2.24, 2.45) is 0 Å². The highest BCUT2D eigenvalue weighted by atomic mass is 16.2. The zero-order chi connectivity index (χ0) is 18.3. The second-order valence-electron chi connectivity index (χ2n) is 5.56. The van der Waals surface area contributed by atoms with Crippen LogP contribution in [0.2, 0.25) is 0 Å². The van der Waals surface area contributed by atoms with Crippen molar-refractivity contribution in [2.45, 2.75) is 48.5 Å². The van der Waals surface area contributed by atoms with Gasteiger partial charge < -0.3 is 4.90 Å². The second kappa shape index (κ2) is 9.21. The Balaban J connectivity index is 0.00000139. The van der Waals surface area contributed by atoms with E-state index in [1.807, 2.05) is 63.8 Å². The molecule has 3 nitrogen and oxygen atoms in total. The van der Waals surface area contributed by atoms with Gasteiger partial charge in [-0.2, -0.15) is 0 Å². The Bertz CT molecular complexity index is 665. The van der Waals surface area contributed by atoms with Gasteiger partial charge in [-0.1, -0.05) is 32.0 Å². The first-order chi connectivity index (χ1) is 11.5. The number of nitrogens with zero attached hydrogens (tertiary/aromatic N) is 2. The molecule has 1 amide bonds. The van der Waals surface area contributed by atoms with Gasteiger partial charge in [-0.3, -0.25) is 9.78 Å². The molecule has 24 heavy (non-hydrogen) atoms. The molecule has 0 aliphatic carbocycles.